The molecule has 3 nitrogen and oxygen atoms in total. The molecule has 5 heteroatoms. The first-order valence-corrected chi connectivity index (χ1v) is 7.90. The summed E-state index contributed by atoms with van der Waals surface area (Å²) in [6.07, 6.45) is 0.487. The summed E-state index contributed by atoms with van der Waals surface area (Å²) in [4.78, 5) is 0.0995. The van der Waals surface area contributed by atoms with Crippen LogP contribution >= 0.6 is 0 Å². The van der Waals surface area contributed by atoms with E-state index in [9.17, 15) is 12.8 Å². The van der Waals surface area contributed by atoms with Gasteiger partial charge in [-0.2, -0.15) is 0 Å². The van der Waals surface area contributed by atoms with E-state index in [0.29, 0.717) is 6.42 Å². The van der Waals surface area contributed by atoms with E-state index in [-0.39, 0.29) is 10.6 Å². The van der Waals surface area contributed by atoms with E-state index >= 15 is 0 Å². The maximum absolute atomic E-state index is 12.8. The van der Waals surface area contributed by atoms with Crippen molar-refractivity contribution in [2.24, 2.45) is 5.73 Å². The van der Waals surface area contributed by atoms with Gasteiger partial charge in [0, 0.05) is 6.04 Å². The maximum atomic E-state index is 12.8. The van der Waals surface area contributed by atoms with Gasteiger partial charge in [-0.25, -0.2) is 12.8 Å². The van der Waals surface area contributed by atoms with Gasteiger partial charge in [0.15, 0.2) is 9.84 Å². The van der Waals surface area contributed by atoms with Crippen LogP contribution in [-0.4, -0.2) is 20.2 Å². The Morgan fingerprint density at radius 1 is 1.00 bits per heavy atom. The van der Waals surface area contributed by atoms with Crippen LogP contribution in [0.15, 0.2) is 59.5 Å². The molecule has 20 heavy (non-hydrogen) atoms. The fraction of sp³-hybridized carbons (Fsp3) is 0.200. The quantitative estimate of drug-likeness (QED) is 0.859. The highest BCUT2D eigenvalue weighted by atomic mass is 32.2. The molecule has 0 amide bonds. The van der Waals surface area contributed by atoms with Crippen LogP contribution in [0.25, 0.3) is 0 Å². The van der Waals surface area contributed by atoms with E-state index in [0.717, 1.165) is 17.7 Å². The first kappa shape index (κ1) is 14.7. The van der Waals surface area contributed by atoms with Gasteiger partial charge in [0.25, 0.3) is 0 Å². The predicted octanol–water partition coefficient (Wildman–Crippen LogP) is 2.17. The van der Waals surface area contributed by atoms with E-state index < -0.39 is 21.7 Å². The van der Waals surface area contributed by atoms with Crippen molar-refractivity contribution >= 4 is 9.84 Å². The largest absolute Gasteiger partial charge is 0.326 e. The number of nitrogens with two attached hydrogens (primary N) is 1. The van der Waals surface area contributed by atoms with Gasteiger partial charge in [-0.15, -0.1) is 0 Å². The first-order valence-electron chi connectivity index (χ1n) is 6.25. The Kier molecular flexibility index (Phi) is 4.52. The summed E-state index contributed by atoms with van der Waals surface area (Å²) in [5.41, 5.74) is 6.90. The van der Waals surface area contributed by atoms with Crippen molar-refractivity contribution in [1.82, 2.24) is 0 Å². The van der Waals surface area contributed by atoms with Crippen molar-refractivity contribution in [3.8, 4) is 0 Å². The fourth-order valence-electron chi connectivity index (χ4n) is 2.00. The van der Waals surface area contributed by atoms with Gasteiger partial charge in [-0.05, 0) is 36.2 Å². The zero-order valence-corrected chi connectivity index (χ0v) is 11.7. The average molecular weight is 293 g/mol. The highest BCUT2D eigenvalue weighted by Crippen LogP contribution is 2.14. The smallest absolute Gasteiger partial charge is 0.179 e. The third kappa shape index (κ3) is 3.88. The zero-order valence-electron chi connectivity index (χ0n) is 10.9. The third-order valence-corrected chi connectivity index (χ3v) is 4.80. The van der Waals surface area contributed by atoms with E-state index in [1.54, 1.807) is 0 Å². The Labute approximate surface area is 118 Å². The van der Waals surface area contributed by atoms with Gasteiger partial charge in [0.2, 0.25) is 0 Å². The SMILES string of the molecule is NC(Cc1ccccc1)CS(=O)(=O)c1ccc(F)cc1. The van der Waals surface area contributed by atoms with Gasteiger partial charge >= 0.3 is 0 Å². The van der Waals surface area contributed by atoms with Crippen LogP contribution in [-0.2, 0) is 16.3 Å². The molecule has 2 rings (SSSR count). The summed E-state index contributed by atoms with van der Waals surface area (Å²) in [6, 6.07) is 13.8. The Hall–Kier alpha value is -1.72. The number of halogens is 1. The first-order chi connectivity index (χ1) is 9.47. The standard InChI is InChI=1S/C15H16FNO2S/c16-13-6-8-15(9-7-13)20(18,19)11-14(17)10-12-4-2-1-3-5-12/h1-9,14H,10-11,17H2. The molecule has 0 heterocycles. The molecule has 0 fully saturated rings. The molecule has 0 bridgehead atoms. The highest BCUT2D eigenvalue weighted by Gasteiger charge is 2.19. The number of hydrogen-bond donors (Lipinski definition) is 1. The van der Waals surface area contributed by atoms with Gasteiger partial charge in [0.1, 0.15) is 5.82 Å². The Bertz CT molecular complexity index is 654. The molecule has 0 saturated carbocycles. The minimum absolute atomic E-state index is 0.0995. The summed E-state index contributed by atoms with van der Waals surface area (Å²) in [5.74, 6) is -0.620. The maximum Gasteiger partial charge on any atom is 0.179 e. The molecule has 106 valence electrons. The van der Waals surface area contributed by atoms with Gasteiger partial charge in [-0.1, -0.05) is 30.3 Å². The highest BCUT2D eigenvalue weighted by molar-refractivity contribution is 7.91. The van der Waals surface area contributed by atoms with Gasteiger partial charge in [0.05, 0.1) is 10.6 Å². The van der Waals surface area contributed by atoms with E-state index in [2.05, 4.69) is 0 Å². The summed E-state index contributed by atoms with van der Waals surface area (Å²) in [6.45, 7) is 0. The molecule has 2 N–H and O–H groups in total. The van der Waals surface area contributed by atoms with Crippen molar-refractivity contribution in [2.45, 2.75) is 17.4 Å². The Balaban J connectivity index is 2.06. The molecule has 1 atom stereocenters. The van der Waals surface area contributed by atoms with Crippen LogP contribution in [0.2, 0.25) is 0 Å². The molecule has 0 aliphatic rings. The van der Waals surface area contributed by atoms with Gasteiger partial charge in [-0.3, -0.25) is 0 Å². The second kappa shape index (κ2) is 6.15. The summed E-state index contributed by atoms with van der Waals surface area (Å²) in [7, 11) is -3.49. The number of rotatable bonds is 5. The van der Waals surface area contributed by atoms with Crippen molar-refractivity contribution in [2.75, 3.05) is 5.75 Å². The van der Waals surface area contributed by atoms with Crippen LogP contribution in [0, 0.1) is 5.82 Å². The molecule has 0 saturated heterocycles. The third-order valence-electron chi connectivity index (χ3n) is 2.95. The van der Waals surface area contributed by atoms with Gasteiger partial charge < -0.3 is 5.73 Å². The van der Waals surface area contributed by atoms with E-state index in [1.165, 1.54) is 12.1 Å². The van der Waals surface area contributed by atoms with Crippen molar-refractivity contribution < 1.29 is 12.8 Å². The minimum atomic E-state index is -3.49. The molecule has 2 aromatic rings. The lowest BCUT2D eigenvalue weighted by Crippen LogP contribution is -2.31. The Morgan fingerprint density at radius 2 is 1.60 bits per heavy atom. The Morgan fingerprint density at radius 3 is 2.20 bits per heavy atom. The summed E-state index contributed by atoms with van der Waals surface area (Å²) >= 11 is 0. The lowest BCUT2D eigenvalue weighted by Gasteiger charge is -2.12. The van der Waals surface area contributed by atoms with Crippen LogP contribution in [0.1, 0.15) is 5.56 Å². The normalized spacial score (nSPS) is 13.1. The van der Waals surface area contributed by atoms with Crippen LogP contribution < -0.4 is 5.73 Å². The lowest BCUT2D eigenvalue weighted by atomic mass is 10.1. The second-order valence-electron chi connectivity index (χ2n) is 4.69. The minimum Gasteiger partial charge on any atom is -0.326 e. The van der Waals surface area contributed by atoms with Crippen LogP contribution in [0.5, 0.6) is 0 Å². The molecule has 0 aliphatic heterocycles. The molecule has 0 radical (unpaired) electrons. The number of sulfone groups is 1. The topological polar surface area (TPSA) is 60.2 Å². The van der Waals surface area contributed by atoms with Crippen LogP contribution in [0.3, 0.4) is 0 Å². The summed E-state index contributed by atoms with van der Waals surface area (Å²) < 4.78 is 37.1. The lowest BCUT2D eigenvalue weighted by molar-refractivity contribution is 0.584. The van der Waals surface area contributed by atoms with Crippen molar-refractivity contribution in [1.29, 1.82) is 0 Å². The summed E-state index contributed by atoms with van der Waals surface area (Å²) in [5, 5.41) is 0. The van der Waals surface area contributed by atoms with E-state index in [4.69, 9.17) is 5.73 Å². The molecular formula is C15H16FNO2S. The average Bonchev–Trinajstić information content (AvgIpc) is 2.39. The number of hydrogen-bond acceptors (Lipinski definition) is 3. The van der Waals surface area contributed by atoms with Crippen molar-refractivity contribution in [3.63, 3.8) is 0 Å². The van der Waals surface area contributed by atoms with Crippen LogP contribution in [0.4, 0.5) is 4.39 Å². The molecule has 0 aromatic heterocycles. The molecule has 0 spiro atoms. The monoisotopic (exact) mass is 293 g/mol. The zero-order chi connectivity index (χ0) is 14.6. The number of benzene rings is 2. The molecule has 2 aromatic carbocycles. The predicted molar refractivity (Wildman–Crippen MR) is 76.6 cm³/mol. The molecule has 0 aliphatic carbocycles. The van der Waals surface area contributed by atoms with E-state index in [1.807, 2.05) is 30.3 Å². The fourth-order valence-corrected chi connectivity index (χ4v) is 3.42. The second-order valence-corrected chi connectivity index (χ2v) is 6.72. The van der Waals surface area contributed by atoms with Crippen molar-refractivity contribution in [3.05, 3.63) is 66.0 Å². The molecule has 1 unspecified atom stereocenters. The molecular weight excluding hydrogens is 277 g/mol.